The Morgan fingerprint density at radius 1 is 1.10 bits per heavy atom. The molecular formula is C23H34N4OS. The molecule has 0 radical (unpaired) electrons. The molecule has 1 aromatic heterocycles. The van der Waals surface area contributed by atoms with Gasteiger partial charge in [-0.3, -0.25) is 4.79 Å². The number of amides is 1. The van der Waals surface area contributed by atoms with E-state index in [-0.39, 0.29) is 16.6 Å². The minimum atomic E-state index is -0.183. The van der Waals surface area contributed by atoms with E-state index in [1.165, 1.54) is 23.7 Å². The van der Waals surface area contributed by atoms with Crippen LogP contribution >= 0.6 is 11.8 Å². The summed E-state index contributed by atoms with van der Waals surface area (Å²) in [6.45, 7) is 12.9. The number of hydrogen-bond acceptors (Lipinski definition) is 4. The summed E-state index contributed by atoms with van der Waals surface area (Å²) in [6.07, 6.45) is 3.38. The minimum absolute atomic E-state index is 0.123. The summed E-state index contributed by atoms with van der Waals surface area (Å²) in [4.78, 5) is 15.2. The van der Waals surface area contributed by atoms with Gasteiger partial charge in [0.05, 0.1) is 5.25 Å². The molecule has 1 fully saturated rings. The van der Waals surface area contributed by atoms with Crippen LogP contribution in [0.5, 0.6) is 0 Å². The lowest BCUT2D eigenvalue weighted by atomic mass is 9.87. The van der Waals surface area contributed by atoms with Crippen molar-refractivity contribution in [1.29, 1.82) is 0 Å². The van der Waals surface area contributed by atoms with Crippen LogP contribution in [0.15, 0.2) is 29.4 Å². The van der Waals surface area contributed by atoms with Crippen molar-refractivity contribution in [3.8, 4) is 11.4 Å². The molecule has 2 heterocycles. The molecule has 2 aromatic rings. The van der Waals surface area contributed by atoms with Gasteiger partial charge in [-0.1, -0.05) is 56.8 Å². The van der Waals surface area contributed by atoms with Gasteiger partial charge in [0, 0.05) is 24.7 Å². The molecule has 0 saturated carbocycles. The predicted molar refractivity (Wildman–Crippen MR) is 120 cm³/mol. The third-order valence-corrected chi connectivity index (χ3v) is 7.04. The monoisotopic (exact) mass is 414 g/mol. The van der Waals surface area contributed by atoms with Gasteiger partial charge in [0.2, 0.25) is 5.91 Å². The van der Waals surface area contributed by atoms with E-state index >= 15 is 0 Å². The molecule has 1 aliphatic rings. The van der Waals surface area contributed by atoms with Gasteiger partial charge in [0.15, 0.2) is 11.0 Å². The van der Waals surface area contributed by atoms with Crippen molar-refractivity contribution < 1.29 is 4.79 Å². The van der Waals surface area contributed by atoms with Gasteiger partial charge in [-0.05, 0) is 51.0 Å². The molecule has 5 nitrogen and oxygen atoms in total. The van der Waals surface area contributed by atoms with Crippen LogP contribution in [0.1, 0.15) is 66.4 Å². The highest BCUT2D eigenvalue weighted by molar-refractivity contribution is 8.00. The molecule has 1 saturated heterocycles. The van der Waals surface area contributed by atoms with E-state index in [1.54, 1.807) is 0 Å². The average molecular weight is 415 g/mol. The maximum absolute atomic E-state index is 13.1. The highest BCUT2D eigenvalue weighted by Crippen LogP contribution is 2.31. The van der Waals surface area contributed by atoms with Gasteiger partial charge in [0.25, 0.3) is 0 Å². The molecule has 0 unspecified atom stereocenters. The van der Waals surface area contributed by atoms with E-state index in [2.05, 4.69) is 74.0 Å². The van der Waals surface area contributed by atoms with E-state index in [4.69, 9.17) is 0 Å². The van der Waals surface area contributed by atoms with Crippen molar-refractivity contribution in [2.45, 2.75) is 88.7 Å². The minimum Gasteiger partial charge on any atom is -0.336 e. The number of aromatic nitrogens is 3. The third kappa shape index (κ3) is 4.68. The van der Waals surface area contributed by atoms with Crippen molar-refractivity contribution in [2.24, 2.45) is 7.05 Å². The largest absolute Gasteiger partial charge is 0.336 e. The molecule has 158 valence electrons. The molecule has 0 spiro atoms. The van der Waals surface area contributed by atoms with Gasteiger partial charge >= 0.3 is 0 Å². The van der Waals surface area contributed by atoms with Crippen LogP contribution in [-0.4, -0.2) is 42.9 Å². The van der Waals surface area contributed by atoms with Crippen LogP contribution in [0.25, 0.3) is 11.4 Å². The van der Waals surface area contributed by atoms with E-state index in [1.807, 2.05) is 18.5 Å². The molecule has 0 aliphatic carbocycles. The second-order valence-electron chi connectivity index (χ2n) is 9.33. The Bertz CT molecular complexity index is 843. The van der Waals surface area contributed by atoms with Gasteiger partial charge in [-0.25, -0.2) is 0 Å². The quantitative estimate of drug-likeness (QED) is 0.657. The van der Waals surface area contributed by atoms with Crippen molar-refractivity contribution in [3.05, 3.63) is 29.8 Å². The first-order valence-electron chi connectivity index (χ1n) is 10.6. The second-order valence-corrected chi connectivity index (χ2v) is 10.6. The number of carbonyl (C=O) groups excluding carboxylic acids is 1. The zero-order valence-corrected chi connectivity index (χ0v) is 19.6. The average Bonchev–Trinajstić information content (AvgIpc) is 3.01. The van der Waals surface area contributed by atoms with Gasteiger partial charge in [0.1, 0.15) is 0 Å². The van der Waals surface area contributed by atoms with Crippen LogP contribution in [0.4, 0.5) is 0 Å². The fourth-order valence-corrected chi connectivity index (χ4v) is 4.93. The fraction of sp³-hybridized carbons (Fsp3) is 0.609. The lowest BCUT2D eigenvalue weighted by Crippen LogP contribution is -2.50. The Morgan fingerprint density at radius 2 is 1.69 bits per heavy atom. The first-order valence-corrected chi connectivity index (χ1v) is 11.5. The van der Waals surface area contributed by atoms with E-state index in [9.17, 15) is 4.79 Å². The zero-order valence-electron chi connectivity index (χ0n) is 18.8. The van der Waals surface area contributed by atoms with Crippen molar-refractivity contribution in [2.75, 3.05) is 0 Å². The first-order chi connectivity index (χ1) is 13.6. The summed E-state index contributed by atoms with van der Waals surface area (Å²) in [6, 6.07) is 9.14. The van der Waals surface area contributed by atoms with Crippen LogP contribution < -0.4 is 0 Å². The lowest BCUT2D eigenvalue weighted by Gasteiger charge is -2.40. The highest BCUT2D eigenvalue weighted by atomic mass is 32.2. The maximum atomic E-state index is 13.1. The Kier molecular flexibility index (Phi) is 6.42. The normalized spacial score (nSPS) is 21.3. The van der Waals surface area contributed by atoms with Gasteiger partial charge in [-0.2, -0.15) is 0 Å². The second kappa shape index (κ2) is 8.50. The van der Waals surface area contributed by atoms with Crippen LogP contribution in [0, 0.1) is 0 Å². The Balaban J connectivity index is 1.74. The molecule has 3 rings (SSSR count). The number of hydrogen-bond donors (Lipinski definition) is 0. The smallest absolute Gasteiger partial charge is 0.236 e. The maximum Gasteiger partial charge on any atom is 0.236 e. The number of nitrogens with zero attached hydrogens (tertiary/aromatic N) is 4. The highest BCUT2D eigenvalue weighted by Gasteiger charge is 2.32. The summed E-state index contributed by atoms with van der Waals surface area (Å²) in [7, 11) is 1.97. The van der Waals surface area contributed by atoms with E-state index in [0.29, 0.717) is 12.1 Å². The molecule has 0 bridgehead atoms. The molecule has 1 aliphatic heterocycles. The van der Waals surface area contributed by atoms with Crippen molar-refractivity contribution in [3.63, 3.8) is 0 Å². The van der Waals surface area contributed by atoms with Gasteiger partial charge in [-0.15, -0.1) is 10.2 Å². The summed E-state index contributed by atoms with van der Waals surface area (Å²) in [5.74, 6) is 1.03. The number of carbonyl (C=O) groups is 1. The van der Waals surface area contributed by atoms with Crippen molar-refractivity contribution in [1.82, 2.24) is 19.7 Å². The summed E-state index contributed by atoms with van der Waals surface area (Å²) < 4.78 is 1.99. The standard InChI is InChI=1S/C23H34N4OS/c1-15-9-8-10-16(2)27(15)21(28)17(3)29-22-25-24-20(26(22)7)18-11-13-19(14-12-18)23(4,5)6/h11-17H,8-10H2,1-7H3/t15-,16-,17-/m1/s1. The van der Waals surface area contributed by atoms with E-state index < -0.39 is 0 Å². The first kappa shape index (κ1) is 21.9. The molecule has 1 amide bonds. The van der Waals surface area contributed by atoms with Crippen molar-refractivity contribution >= 4 is 17.7 Å². The number of piperidine rings is 1. The lowest BCUT2D eigenvalue weighted by molar-refractivity contribution is -0.136. The molecule has 3 atom stereocenters. The molecule has 29 heavy (non-hydrogen) atoms. The Hall–Kier alpha value is -1.82. The molecule has 0 N–H and O–H groups in total. The predicted octanol–water partition coefficient (Wildman–Crippen LogP) is 5.05. The van der Waals surface area contributed by atoms with Crippen LogP contribution in [0.3, 0.4) is 0 Å². The fourth-order valence-electron chi connectivity index (χ4n) is 4.06. The van der Waals surface area contributed by atoms with Crippen LogP contribution in [0.2, 0.25) is 0 Å². The number of benzene rings is 1. The Morgan fingerprint density at radius 3 is 2.24 bits per heavy atom. The molecule has 6 heteroatoms. The molecular weight excluding hydrogens is 380 g/mol. The summed E-state index contributed by atoms with van der Waals surface area (Å²) >= 11 is 1.50. The zero-order chi connectivity index (χ0) is 21.3. The SMILES string of the molecule is C[C@@H]1CCC[C@@H](C)N1C(=O)[C@@H](C)Sc1nnc(-c2ccc(C(C)(C)C)cc2)n1C. The number of rotatable bonds is 4. The summed E-state index contributed by atoms with van der Waals surface area (Å²) in [5, 5.41) is 9.37. The number of likely N-dealkylation sites (tertiary alicyclic amines) is 1. The van der Waals surface area contributed by atoms with Crippen LogP contribution in [-0.2, 0) is 17.3 Å². The third-order valence-electron chi connectivity index (χ3n) is 5.92. The van der Waals surface area contributed by atoms with Gasteiger partial charge < -0.3 is 9.47 Å². The van der Waals surface area contributed by atoms with E-state index in [0.717, 1.165) is 29.4 Å². The summed E-state index contributed by atoms with van der Waals surface area (Å²) in [5.41, 5.74) is 2.46. The molecule has 1 aromatic carbocycles. The number of thioether (sulfide) groups is 1. The Labute approximate surface area is 179 Å². The topological polar surface area (TPSA) is 51.0 Å².